The van der Waals surface area contributed by atoms with E-state index in [4.69, 9.17) is 5.73 Å². The Kier molecular flexibility index (Phi) is 4.65. The highest BCUT2D eigenvalue weighted by atomic mass is 32.2. The number of anilines is 2. The van der Waals surface area contributed by atoms with Crippen LogP contribution in [0.5, 0.6) is 0 Å². The van der Waals surface area contributed by atoms with Gasteiger partial charge in [-0.1, -0.05) is 13.8 Å². The molecule has 0 spiro atoms. The van der Waals surface area contributed by atoms with E-state index in [-0.39, 0.29) is 4.90 Å². The number of sulfonamides is 1. The molecule has 6 nitrogen and oxygen atoms in total. The summed E-state index contributed by atoms with van der Waals surface area (Å²) in [6, 6.07) is 6.04. The summed E-state index contributed by atoms with van der Waals surface area (Å²) in [5, 5.41) is 0. The van der Waals surface area contributed by atoms with Gasteiger partial charge >= 0.3 is 0 Å². The number of rotatable bonds is 5. The second kappa shape index (κ2) is 6.31. The van der Waals surface area contributed by atoms with Gasteiger partial charge in [-0.3, -0.25) is 4.72 Å². The molecule has 0 amide bonds. The van der Waals surface area contributed by atoms with Gasteiger partial charge in [0.05, 0.1) is 4.90 Å². The van der Waals surface area contributed by atoms with Crippen LogP contribution < -0.4 is 10.5 Å². The maximum absolute atomic E-state index is 12.5. The van der Waals surface area contributed by atoms with Crippen molar-refractivity contribution in [2.45, 2.75) is 38.5 Å². The second-order valence-electron chi connectivity index (χ2n) is 4.94. The average Bonchev–Trinajstić information content (AvgIpc) is 2.49. The third-order valence-corrected chi connectivity index (χ3v) is 4.72. The minimum absolute atomic E-state index is 0.149. The quantitative estimate of drug-likeness (QED) is 0.824. The van der Waals surface area contributed by atoms with Gasteiger partial charge in [-0.2, -0.15) is 0 Å². The third-order valence-electron chi connectivity index (χ3n) is 3.37. The first-order chi connectivity index (χ1) is 10.4. The molecule has 1 aromatic carbocycles. The summed E-state index contributed by atoms with van der Waals surface area (Å²) in [6.45, 7) is 5.73. The van der Waals surface area contributed by atoms with E-state index in [2.05, 4.69) is 14.7 Å². The van der Waals surface area contributed by atoms with E-state index in [1.165, 1.54) is 12.1 Å². The van der Waals surface area contributed by atoms with Gasteiger partial charge in [0.25, 0.3) is 10.0 Å². The third kappa shape index (κ3) is 3.36. The number of hydrogen-bond acceptors (Lipinski definition) is 5. The summed E-state index contributed by atoms with van der Waals surface area (Å²) in [7, 11) is -3.70. The summed E-state index contributed by atoms with van der Waals surface area (Å²) in [4.78, 5) is 8.87. The molecule has 0 aliphatic rings. The number of nitrogens with one attached hydrogen (secondary N) is 1. The second-order valence-corrected chi connectivity index (χ2v) is 6.62. The molecule has 0 unspecified atom stereocenters. The number of aryl methyl sites for hydroxylation is 2. The van der Waals surface area contributed by atoms with Crippen molar-refractivity contribution in [3.63, 3.8) is 0 Å². The first-order valence-corrected chi connectivity index (χ1v) is 8.60. The molecule has 0 aliphatic carbocycles. The molecule has 1 heterocycles. The van der Waals surface area contributed by atoms with E-state index in [1.807, 2.05) is 20.8 Å². The summed E-state index contributed by atoms with van der Waals surface area (Å²) in [6.07, 6.45) is 1.36. The number of aromatic nitrogens is 2. The Morgan fingerprint density at radius 2 is 1.73 bits per heavy atom. The highest BCUT2D eigenvalue weighted by Crippen LogP contribution is 2.21. The van der Waals surface area contributed by atoms with E-state index in [0.717, 1.165) is 17.7 Å². The van der Waals surface area contributed by atoms with Crippen LogP contribution in [0.15, 0.2) is 29.2 Å². The number of nitrogen functional groups attached to an aromatic ring is 1. The predicted octanol–water partition coefficient (Wildman–Crippen LogP) is 2.29. The summed E-state index contributed by atoms with van der Waals surface area (Å²) < 4.78 is 27.5. The molecule has 0 saturated carbocycles. The molecule has 0 bridgehead atoms. The van der Waals surface area contributed by atoms with Crippen molar-refractivity contribution in [2.75, 3.05) is 10.5 Å². The first kappa shape index (κ1) is 16.2. The fourth-order valence-electron chi connectivity index (χ4n) is 2.05. The molecule has 0 saturated heterocycles. The Bertz CT molecular complexity index is 771. The standard InChI is InChI=1S/C15H20N4O2S/c1-4-13-10(3)15(18-14(5-2)17-13)19-22(20,21)12-8-6-11(16)7-9-12/h6-9H,4-5,16H2,1-3H3,(H,17,18,19). The van der Waals surface area contributed by atoms with Crippen molar-refractivity contribution >= 4 is 21.5 Å². The molecule has 3 N–H and O–H groups in total. The zero-order chi connectivity index (χ0) is 16.3. The number of nitrogens with two attached hydrogens (primary N) is 1. The van der Waals surface area contributed by atoms with Gasteiger partial charge in [0.2, 0.25) is 0 Å². The van der Waals surface area contributed by atoms with Gasteiger partial charge in [0.15, 0.2) is 0 Å². The van der Waals surface area contributed by atoms with Gasteiger partial charge in [0.1, 0.15) is 11.6 Å². The van der Waals surface area contributed by atoms with Crippen LogP contribution in [-0.2, 0) is 22.9 Å². The average molecular weight is 320 g/mol. The number of hydrogen-bond donors (Lipinski definition) is 2. The lowest BCUT2D eigenvalue weighted by molar-refractivity contribution is 0.601. The minimum atomic E-state index is -3.70. The van der Waals surface area contributed by atoms with E-state index >= 15 is 0 Å². The van der Waals surface area contributed by atoms with Crippen LogP contribution in [0.25, 0.3) is 0 Å². The molecule has 1 aromatic heterocycles. The Morgan fingerprint density at radius 1 is 1.09 bits per heavy atom. The van der Waals surface area contributed by atoms with Crippen LogP contribution >= 0.6 is 0 Å². The maximum atomic E-state index is 12.5. The van der Waals surface area contributed by atoms with Crippen molar-refractivity contribution in [1.82, 2.24) is 9.97 Å². The molecule has 22 heavy (non-hydrogen) atoms. The van der Waals surface area contributed by atoms with E-state index in [0.29, 0.717) is 23.8 Å². The van der Waals surface area contributed by atoms with Crippen LogP contribution in [0.4, 0.5) is 11.5 Å². The lowest BCUT2D eigenvalue weighted by atomic mass is 10.2. The van der Waals surface area contributed by atoms with Crippen molar-refractivity contribution in [3.05, 3.63) is 41.3 Å². The molecular weight excluding hydrogens is 300 g/mol. The van der Waals surface area contributed by atoms with Crippen LogP contribution in [-0.4, -0.2) is 18.4 Å². The molecule has 0 fully saturated rings. The lowest BCUT2D eigenvalue weighted by Crippen LogP contribution is -2.17. The zero-order valence-electron chi connectivity index (χ0n) is 12.9. The zero-order valence-corrected chi connectivity index (χ0v) is 13.7. The van der Waals surface area contributed by atoms with Crippen molar-refractivity contribution < 1.29 is 8.42 Å². The molecule has 118 valence electrons. The molecular formula is C15H20N4O2S. The molecule has 0 aliphatic heterocycles. The summed E-state index contributed by atoms with van der Waals surface area (Å²) in [5.41, 5.74) is 7.70. The van der Waals surface area contributed by atoms with Crippen LogP contribution in [0.3, 0.4) is 0 Å². The van der Waals surface area contributed by atoms with Gasteiger partial charge in [-0.25, -0.2) is 18.4 Å². The minimum Gasteiger partial charge on any atom is -0.399 e. The normalized spacial score (nSPS) is 11.4. The highest BCUT2D eigenvalue weighted by Gasteiger charge is 2.18. The SMILES string of the molecule is CCc1nc(CC)c(C)c(NS(=O)(=O)c2ccc(N)cc2)n1. The Morgan fingerprint density at radius 3 is 2.27 bits per heavy atom. The molecule has 0 atom stereocenters. The van der Waals surface area contributed by atoms with E-state index in [1.54, 1.807) is 12.1 Å². The topological polar surface area (TPSA) is 98.0 Å². The van der Waals surface area contributed by atoms with Gasteiger partial charge in [-0.15, -0.1) is 0 Å². The van der Waals surface area contributed by atoms with Crippen LogP contribution in [0.2, 0.25) is 0 Å². The molecule has 2 aromatic rings. The Labute approximate surface area is 130 Å². The summed E-state index contributed by atoms with van der Waals surface area (Å²) in [5.74, 6) is 0.956. The van der Waals surface area contributed by atoms with Crippen LogP contribution in [0, 0.1) is 6.92 Å². The Balaban J connectivity index is 2.43. The number of benzene rings is 1. The number of nitrogens with zero attached hydrogens (tertiary/aromatic N) is 2. The van der Waals surface area contributed by atoms with E-state index in [9.17, 15) is 8.42 Å². The van der Waals surface area contributed by atoms with E-state index < -0.39 is 10.0 Å². The van der Waals surface area contributed by atoms with Gasteiger partial charge < -0.3 is 5.73 Å². The van der Waals surface area contributed by atoms with Crippen LogP contribution in [0.1, 0.15) is 30.9 Å². The summed E-state index contributed by atoms with van der Waals surface area (Å²) >= 11 is 0. The largest absolute Gasteiger partial charge is 0.399 e. The highest BCUT2D eigenvalue weighted by molar-refractivity contribution is 7.92. The van der Waals surface area contributed by atoms with Gasteiger partial charge in [0, 0.05) is 23.4 Å². The lowest BCUT2D eigenvalue weighted by Gasteiger charge is -2.13. The van der Waals surface area contributed by atoms with Crippen molar-refractivity contribution in [1.29, 1.82) is 0 Å². The first-order valence-electron chi connectivity index (χ1n) is 7.12. The smallest absolute Gasteiger partial charge is 0.263 e. The predicted molar refractivity (Wildman–Crippen MR) is 87.2 cm³/mol. The monoisotopic (exact) mass is 320 g/mol. The fraction of sp³-hybridized carbons (Fsp3) is 0.333. The molecule has 2 rings (SSSR count). The Hall–Kier alpha value is -2.15. The maximum Gasteiger partial charge on any atom is 0.263 e. The van der Waals surface area contributed by atoms with Crippen molar-refractivity contribution in [3.8, 4) is 0 Å². The van der Waals surface area contributed by atoms with Crippen molar-refractivity contribution in [2.24, 2.45) is 0 Å². The van der Waals surface area contributed by atoms with Gasteiger partial charge in [-0.05, 0) is 37.6 Å². The molecule has 7 heteroatoms. The fourth-order valence-corrected chi connectivity index (χ4v) is 3.11. The molecule has 0 radical (unpaired) electrons.